The van der Waals surface area contributed by atoms with Gasteiger partial charge in [0.1, 0.15) is 0 Å². The van der Waals surface area contributed by atoms with Crippen LogP contribution in [0.15, 0.2) is 0 Å². The molecule has 0 amide bonds. The van der Waals surface area contributed by atoms with Crippen LogP contribution in [0, 0.1) is 0 Å². The minimum absolute atomic E-state index is 0. The van der Waals surface area contributed by atoms with Crippen molar-refractivity contribution < 1.29 is 18.9 Å². The molecule has 0 bridgehead atoms. The van der Waals surface area contributed by atoms with E-state index in [-0.39, 0.29) is 23.1 Å². The Morgan fingerprint density at radius 2 is 1.00 bits per heavy atom. The second-order valence-electron chi connectivity index (χ2n) is 1.04. The standard InChI is InChI=1S/2CH5O2P.Mg.2H/c2*1-4(2)3;;;/h2*4H,1H3,(H,2,3);;;. The molecule has 0 aliphatic carbocycles. The zero-order valence-electron chi connectivity index (χ0n) is 4.71. The Kier molecular flexibility index (Phi) is 21.9. The highest BCUT2D eigenvalue weighted by atomic mass is 31.1. The van der Waals surface area contributed by atoms with Crippen molar-refractivity contribution in [2.45, 2.75) is 0 Å². The van der Waals surface area contributed by atoms with Gasteiger partial charge in [0.15, 0.2) is 16.1 Å². The molecule has 0 spiro atoms. The third-order valence-corrected chi connectivity index (χ3v) is 0. The molecule has 0 fully saturated rings. The second-order valence-corrected chi connectivity index (χ2v) is 3.11. The van der Waals surface area contributed by atoms with E-state index in [0.717, 1.165) is 0 Å². The Morgan fingerprint density at radius 3 is 1.00 bits per heavy atom. The van der Waals surface area contributed by atoms with Gasteiger partial charge in [-0.15, -0.1) is 0 Å². The average molecular weight is 186 g/mol. The van der Waals surface area contributed by atoms with Crippen LogP contribution < -0.4 is 0 Å². The average Bonchev–Trinajstić information content (AvgIpc) is 1.25. The van der Waals surface area contributed by atoms with Crippen molar-refractivity contribution in [1.29, 1.82) is 0 Å². The van der Waals surface area contributed by atoms with Crippen molar-refractivity contribution in [3.8, 4) is 0 Å². The van der Waals surface area contributed by atoms with Gasteiger partial charge >= 0.3 is 23.1 Å². The summed E-state index contributed by atoms with van der Waals surface area (Å²) < 4.78 is 18.4. The molecule has 4 nitrogen and oxygen atoms in total. The quantitative estimate of drug-likeness (QED) is 0.386. The van der Waals surface area contributed by atoms with Gasteiger partial charge in [-0.1, -0.05) is 0 Å². The predicted octanol–water partition coefficient (Wildman–Crippen LogP) is -0.750. The van der Waals surface area contributed by atoms with Gasteiger partial charge < -0.3 is 9.79 Å². The highest BCUT2D eigenvalue weighted by Gasteiger charge is 1.60. The summed E-state index contributed by atoms with van der Waals surface area (Å²) >= 11 is 0. The third-order valence-electron chi connectivity index (χ3n) is 0. The highest BCUT2D eigenvalue weighted by molar-refractivity contribution is 7.37. The van der Waals surface area contributed by atoms with Crippen molar-refractivity contribution in [2.75, 3.05) is 13.3 Å². The monoisotopic (exact) mass is 186 g/mol. The van der Waals surface area contributed by atoms with Crippen LogP contribution >= 0.6 is 16.1 Å². The first kappa shape index (κ1) is 16.6. The topological polar surface area (TPSA) is 74.6 Å². The molecule has 56 valence electrons. The van der Waals surface area contributed by atoms with E-state index in [4.69, 9.17) is 9.79 Å². The van der Waals surface area contributed by atoms with Crippen molar-refractivity contribution in [1.82, 2.24) is 0 Å². The van der Waals surface area contributed by atoms with Gasteiger partial charge in [-0.2, -0.15) is 0 Å². The van der Waals surface area contributed by atoms with Crippen LogP contribution in [-0.2, 0) is 9.13 Å². The van der Waals surface area contributed by atoms with Gasteiger partial charge in [0, 0.05) is 13.3 Å². The molecule has 0 saturated carbocycles. The summed E-state index contributed by atoms with van der Waals surface area (Å²) in [5.41, 5.74) is 0. The van der Waals surface area contributed by atoms with Crippen LogP contribution in [0.1, 0.15) is 0 Å². The zero-order chi connectivity index (χ0) is 7.15. The predicted molar refractivity (Wildman–Crippen MR) is 42.8 cm³/mol. The van der Waals surface area contributed by atoms with Crippen molar-refractivity contribution in [2.24, 2.45) is 0 Å². The first-order chi connectivity index (χ1) is 3.46. The number of hydrogen-bond donors (Lipinski definition) is 2. The molecule has 2 N–H and O–H groups in total. The Balaban J connectivity index is -0.0000000720. The van der Waals surface area contributed by atoms with Gasteiger partial charge in [0.05, 0.1) is 0 Å². The largest absolute Gasteiger partial charge is 0.346 e. The van der Waals surface area contributed by atoms with Crippen molar-refractivity contribution in [3.63, 3.8) is 0 Å². The fourth-order valence-electron chi connectivity index (χ4n) is 0. The maximum Gasteiger partial charge on any atom is 0.316 e. The highest BCUT2D eigenvalue weighted by Crippen LogP contribution is 2.00. The van der Waals surface area contributed by atoms with Crippen molar-refractivity contribution >= 4 is 39.1 Å². The summed E-state index contributed by atoms with van der Waals surface area (Å²) in [6, 6.07) is 0. The lowest BCUT2D eigenvalue weighted by Crippen LogP contribution is -1.35. The van der Waals surface area contributed by atoms with E-state index >= 15 is 0 Å². The van der Waals surface area contributed by atoms with Crippen LogP contribution in [0.2, 0.25) is 0 Å². The Hall–Kier alpha value is 1.15. The van der Waals surface area contributed by atoms with Crippen LogP contribution in [-0.4, -0.2) is 46.2 Å². The lowest BCUT2D eigenvalue weighted by Gasteiger charge is -1.61. The summed E-state index contributed by atoms with van der Waals surface area (Å²) in [6.07, 6.45) is 0. The van der Waals surface area contributed by atoms with E-state index in [0.29, 0.717) is 0 Å². The van der Waals surface area contributed by atoms with Crippen LogP contribution in [0.3, 0.4) is 0 Å². The second kappa shape index (κ2) is 11.9. The van der Waals surface area contributed by atoms with Gasteiger partial charge in [-0.25, -0.2) is 0 Å². The molecular weight excluding hydrogens is 174 g/mol. The maximum absolute atomic E-state index is 9.19. The van der Waals surface area contributed by atoms with E-state index in [9.17, 15) is 9.13 Å². The molecule has 0 radical (unpaired) electrons. The Labute approximate surface area is 71.6 Å². The summed E-state index contributed by atoms with van der Waals surface area (Å²) in [4.78, 5) is 15.2. The fourth-order valence-corrected chi connectivity index (χ4v) is 0. The molecule has 7 heteroatoms. The third kappa shape index (κ3) is 356. The van der Waals surface area contributed by atoms with E-state index in [2.05, 4.69) is 0 Å². The lowest BCUT2D eigenvalue weighted by atomic mass is 12.0. The Bertz CT molecular complexity index is 74.6. The van der Waals surface area contributed by atoms with Gasteiger partial charge in [-0.3, -0.25) is 9.13 Å². The summed E-state index contributed by atoms with van der Waals surface area (Å²) in [5.74, 6) is 0. The first-order valence-electron chi connectivity index (χ1n) is 1.86. The normalized spacial score (nSPS) is 13.8. The summed E-state index contributed by atoms with van der Waals surface area (Å²) in [5, 5.41) is 0. The van der Waals surface area contributed by atoms with E-state index in [1.807, 2.05) is 0 Å². The molecule has 0 aromatic heterocycles. The zero-order valence-corrected chi connectivity index (χ0v) is 6.71. The van der Waals surface area contributed by atoms with Gasteiger partial charge in [0.2, 0.25) is 0 Å². The summed E-state index contributed by atoms with van der Waals surface area (Å²) in [6.45, 7) is 2.54. The molecule has 0 heterocycles. The summed E-state index contributed by atoms with van der Waals surface area (Å²) in [7, 11) is -4.26. The van der Waals surface area contributed by atoms with Crippen molar-refractivity contribution in [3.05, 3.63) is 0 Å². The smallest absolute Gasteiger partial charge is 0.316 e. The molecule has 0 aromatic carbocycles. The molecule has 0 aliphatic heterocycles. The maximum atomic E-state index is 9.19. The molecule has 9 heavy (non-hydrogen) atoms. The molecule has 0 aliphatic rings. The van der Waals surface area contributed by atoms with Crippen LogP contribution in [0.25, 0.3) is 0 Å². The van der Waals surface area contributed by atoms with E-state index < -0.39 is 16.1 Å². The van der Waals surface area contributed by atoms with Gasteiger partial charge in [-0.05, 0) is 0 Å². The molecule has 2 unspecified atom stereocenters. The molecule has 0 rings (SSSR count). The molecular formula is C2H12MgO4P2. The first-order valence-corrected chi connectivity index (χ1v) is 5.57. The molecule has 0 aromatic rings. The minimum atomic E-state index is -2.13. The van der Waals surface area contributed by atoms with E-state index in [1.165, 1.54) is 13.3 Å². The minimum Gasteiger partial charge on any atom is -0.346 e. The van der Waals surface area contributed by atoms with Crippen LogP contribution in [0.5, 0.6) is 0 Å². The Morgan fingerprint density at radius 1 is 1.00 bits per heavy atom. The van der Waals surface area contributed by atoms with Gasteiger partial charge in [0.25, 0.3) is 0 Å². The molecule has 0 saturated heterocycles. The fraction of sp³-hybridized carbons (Fsp3) is 1.00. The van der Waals surface area contributed by atoms with E-state index in [1.54, 1.807) is 0 Å². The van der Waals surface area contributed by atoms with Crippen LogP contribution in [0.4, 0.5) is 0 Å². The number of hydrogen-bond acceptors (Lipinski definition) is 2. The number of rotatable bonds is 0. The SMILES string of the molecule is C[PH](=O)O.C[PH](=O)O.[MgH2]. The molecule has 2 atom stereocenters. The lowest BCUT2D eigenvalue weighted by molar-refractivity contribution is 0.508.